The van der Waals surface area contributed by atoms with Crippen molar-refractivity contribution >= 4 is 15.9 Å². The summed E-state index contributed by atoms with van der Waals surface area (Å²) in [6.45, 7) is 6.44. The molecule has 0 fully saturated rings. The number of nitrogens with two attached hydrogens (primary N) is 1. The largest absolute Gasteiger partial charge is 0.382 e. The molecule has 1 heterocycles. The second kappa shape index (κ2) is 7.81. The van der Waals surface area contributed by atoms with Gasteiger partial charge in [-0.1, -0.05) is 0 Å². The third-order valence-electron chi connectivity index (χ3n) is 2.65. The Morgan fingerprint density at radius 3 is 2.94 bits per heavy atom. The van der Waals surface area contributed by atoms with E-state index in [1.165, 1.54) is 0 Å². The number of rotatable bonds is 8. The normalized spacial score (nSPS) is 12.9. The van der Waals surface area contributed by atoms with Crippen LogP contribution in [-0.4, -0.2) is 23.0 Å². The van der Waals surface area contributed by atoms with Crippen molar-refractivity contribution in [3.8, 4) is 0 Å². The zero-order chi connectivity index (χ0) is 12.7. The van der Waals surface area contributed by atoms with E-state index in [4.69, 9.17) is 10.6 Å². The summed E-state index contributed by atoms with van der Waals surface area (Å²) in [6.07, 6.45) is 3.72. The highest BCUT2D eigenvalue weighted by molar-refractivity contribution is 9.10. The first-order chi connectivity index (χ1) is 8.24. The summed E-state index contributed by atoms with van der Waals surface area (Å²) >= 11 is 3.51. The van der Waals surface area contributed by atoms with E-state index in [-0.39, 0.29) is 6.04 Å². The van der Waals surface area contributed by atoms with Crippen molar-refractivity contribution in [2.45, 2.75) is 39.3 Å². The molecular formula is C11H21BrN4O. The molecule has 98 valence electrons. The third kappa shape index (κ3) is 4.06. The topological polar surface area (TPSA) is 65.1 Å². The van der Waals surface area contributed by atoms with Crippen LogP contribution in [0.1, 0.15) is 38.4 Å². The zero-order valence-corrected chi connectivity index (χ0v) is 12.0. The quantitative estimate of drug-likeness (QED) is 0.438. The molecule has 0 aliphatic rings. The van der Waals surface area contributed by atoms with Gasteiger partial charge in [-0.25, -0.2) is 0 Å². The fraction of sp³-hybridized carbons (Fsp3) is 0.727. The van der Waals surface area contributed by atoms with Gasteiger partial charge in [-0.05, 0) is 42.6 Å². The Morgan fingerprint density at radius 1 is 1.59 bits per heavy atom. The van der Waals surface area contributed by atoms with E-state index in [0.29, 0.717) is 0 Å². The van der Waals surface area contributed by atoms with Crippen LogP contribution >= 0.6 is 15.9 Å². The van der Waals surface area contributed by atoms with Crippen molar-refractivity contribution in [2.75, 3.05) is 13.2 Å². The average Bonchev–Trinajstić information content (AvgIpc) is 2.71. The SMILES string of the molecule is CCOCCCC(NN)c1c(Br)cnn1CC. The summed E-state index contributed by atoms with van der Waals surface area (Å²) in [4.78, 5) is 0. The number of hydrogen-bond donors (Lipinski definition) is 2. The lowest BCUT2D eigenvalue weighted by Crippen LogP contribution is -2.30. The maximum atomic E-state index is 5.62. The first-order valence-electron chi connectivity index (χ1n) is 5.99. The van der Waals surface area contributed by atoms with Gasteiger partial charge in [-0.15, -0.1) is 0 Å². The van der Waals surface area contributed by atoms with E-state index in [0.717, 1.165) is 42.8 Å². The van der Waals surface area contributed by atoms with Gasteiger partial charge in [0.2, 0.25) is 0 Å². The van der Waals surface area contributed by atoms with Crippen LogP contribution in [0.2, 0.25) is 0 Å². The summed E-state index contributed by atoms with van der Waals surface area (Å²) < 4.78 is 8.28. The lowest BCUT2D eigenvalue weighted by molar-refractivity contribution is 0.140. The van der Waals surface area contributed by atoms with Crippen molar-refractivity contribution in [3.05, 3.63) is 16.4 Å². The summed E-state index contributed by atoms with van der Waals surface area (Å²) in [5.41, 5.74) is 3.95. The molecule has 0 amide bonds. The monoisotopic (exact) mass is 304 g/mol. The number of aromatic nitrogens is 2. The zero-order valence-electron chi connectivity index (χ0n) is 10.4. The maximum absolute atomic E-state index is 5.62. The van der Waals surface area contributed by atoms with Gasteiger partial charge < -0.3 is 4.74 Å². The molecule has 0 aromatic carbocycles. The van der Waals surface area contributed by atoms with Gasteiger partial charge in [0.05, 0.1) is 22.4 Å². The predicted octanol–water partition coefficient (Wildman–Crippen LogP) is 1.99. The highest BCUT2D eigenvalue weighted by Crippen LogP contribution is 2.25. The van der Waals surface area contributed by atoms with E-state index < -0.39 is 0 Å². The van der Waals surface area contributed by atoms with Crippen LogP contribution in [0.3, 0.4) is 0 Å². The first kappa shape index (κ1) is 14.6. The highest BCUT2D eigenvalue weighted by Gasteiger charge is 2.17. The molecule has 0 aliphatic carbocycles. The molecule has 0 saturated heterocycles. The Hall–Kier alpha value is -0.430. The molecule has 0 bridgehead atoms. The lowest BCUT2D eigenvalue weighted by Gasteiger charge is -2.17. The lowest BCUT2D eigenvalue weighted by atomic mass is 10.1. The van der Waals surface area contributed by atoms with Gasteiger partial charge in [0.25, 0.3) is 0 Å². The Labute approximate surface area is 111 Å². The number of ether oxygens (including phenoxy) is 1. The Bertz CT molecular complexity index is 329. The van der Waals surface area contributed by atoms with Gasteiger partial charge >= 0.3 is 0 Å². The number of hydrazine groups is 1. The summed E-state index contributed by atoms with van der Waals surface area (Å²) in [5.74, 6) is 5.62. The van der Waals surface area contributed by atoms with Crippen LogP contribution in [0.4, 0.5) is 0 Å². The van der Waals surface area contributed by atoms with Crippen LogP contribution in [0.5, 0.6) is 0 Å². The van der Waals surface area contributed by atoms with Gasteiger partial charge in [0, 0.05) is 19.8 Å². The van der Waals surface area contributed by atoms with Crippen molar-refractivity contribution in [2.24, 2.45) is 5.84 Å². The van der Waals surface area contributed by atoms with Crippen molar-refractivity contribution in [1.29, 1.82) is 0 Å². The number of aryl methyl sites for hydroxylation is 1. The van der Waals surface area contributed by atoms with Crippen molar-refractivity contribution < 1.29 is 4.74 Å². The van der Waals surface area contributed by atoms with Crippen LogP contribution in [0.15, 0.2) is 10.7 Å². The number of halogens is 1. The molecule has 6 heteroatoms. The van der Waals surface area contributed by atoms with Crippen molar-refractivity contribution in [3.63, 3.8) is 0 Å². The van der Waals surface area contributed by atoms with Crippen LogP contribution in [0.25, 0.3) is 0 Å². The van der Waals surface area contributed by atoms with Crippen LogP contribution in [0, 0.1) is 0 Å². The van der Waals surface area contributed by atoms with E-state index in [9.17, 15) is 0 Å². The molecule has 0 spiro atoms. The van der Waals surface area contributed by atoms with E-state index in [1.807, 2.05) is 17.8 Å². The van der Waals surface area contributed by atoms with E-state index >= 15 is 0 Å². The minimum Gasteiger partial charge on any atom is -0.382 e. The van der Waals surface area contributed by atoms with Crippen molar-refractivity contribution in [1.82, 2.24) is 15.2 Å². The number of hydrogen-bond acceptors (Lipinski definition) is 4. The number of nitrogens with zero attached hydrogens (tertiary/aromatic N) is 2. The Balaban J connectivity index is 2.62. The fourth-order valence-electron chi connectivity index (χ4n) is 1.80. The molecule has 0 saturated carbocycles. The minimum absolute atomic E-state index is 0.104. The molecule has 1 rings (SSSR count). The van der Waals surface area contributed by atoms with Gasteiger partial charge in [0.15, 0.2) is 0 Å². The molecular weight excluding hydrogens is 284 g/mol. The van der Waals surface area contributed by atoms with E-state index in [2.05, 4.69) is 33.4 Å². The van der Waals surface area contributed by atoms with Gasteiger partial charge in [0.1, 0.15) is 0 Å². The smallest absolute Gasteiger partial charge is 0.0709 e. The minimum atomic E-state index is 0.104. The highest BCUT2D eigenvalue weighted by atomic mass is 79.9. The molecule has 1 unspecified atom stereocenters. The molecule has 3 N–H and O–H groups in total. The Kier molecular flexibility index (Phi) is 6.72. The molecule has 0 aliphatic heterocycles. The molecule has 0 radical (unpaired) electrons. The number of nitrogens with one attached hydrogen (secondary N) is 1. The van der Waals surface area contributed by atoms with Gasteiger partial charge in [-0.2, -0.15) is 5.10 Å². The molecule has 1 aromatic heterocycles. The predicted molar refractivity (Wildman–Crippen MR) is 71.4 cm³/mol. The molecule has 17 heavy (non-hydrogen) atoms. The maximum Gasteiger partial charge on any atom is 0.0709 e. The molecule has 1 atom stereocenters. The molecule has 5 nitrogen and oxygen atoms in total. The molecule has 1 aromatic rings. The van der Waals surface area contributed by atoms with E-state index in [1.54, 1.807) is 0 Å². The average molecular weight is 305 g/mol. The second-order valence-electron chi connectivity index (χ2n) is 3.75. The third-order valence-corrected chi connectivity index (χ3v) is 3.26. The van der Waals surface area contributed by atoms with Gasteiger partial charge in [-0.3, -0.25) is 16.0 Å². The Morgan fingerprint density at radius 2 is 2.35 bits per heavy atom. The fourth-order valence-corrected chi connectivity index (χ4v) is 2.38. The van der Waals surface area contributed by atoms with Crippen LogP contribution < -0.4 is 11.3 Å². The summed E-state index contributed by atoms with van der Waals surface area (Å²) in [5, 5.41) is 4.29. The first-order valence-corrected chi connectivity index (χ1v) is 6.78. The standard InChI is InChI=1S/C11H21BrN4O/c1-3-16-11(9(12)8-14-16)10(15-13)6-5-7-17-4-2/h8,10,15H,3-7,13H2,1-2H3. The summed E-state index contributed by atoms with van der Waals surface area (Å²) in [6, 6.07) is 0.104. The second-order valence-corrected chi connectivity index (χ2v) is 4.61. The summed E-state index contributed by atoms with van der Waals surface area (Å²) in [7, 11) is 0. The van der Waals surface area contributed by atoms with Crippen LogP contribution in [-0.2, 0) is 11.3 Å².